The molecular formula is C14H13NO2. The van der Waals surface area contributed by atoms with Crippen molar-refractivity contribution in [2.45, 2.75) is 0 Å². The Bertz CT molecular complexity index is 498. The van der Waals surface area contributed by atoms with Crippen molar-refractivity contribution in [2.24, 2.45) is 0 Å². The lowest BCUT2D eigenvalue weighted by Crippen LogP contribution is -2.20. The summed E-state index contributed by atoms with van der Waals surface area (Å²) in [6.45, 7) is 0. The van der Waals surface area contributed by atoms with Crippen molar-refractivity contribution in [2.75, 3.05) is 7.11 Å². The van der Waals surface area contributed by atoms with Crippen LogP contribution in [0.4, 0.5) is 0 Å². The standard InChI is InChI=1S/C14H13NO2/c1-17-12-7-9-13(15-14(16)10-8-12)11-5-3-2-4-6-11/h2-10H,1H3,(H,15,16). The highest BCUT2D eigenvalue weighted by atomic mass is 16.5. The Morgan fingerprint density at radius 2 is 1.82 bits per heavy atom. The first-order chi connectivity index (χ1) is 8.29. The van der Waals surface area contributed by atoms with Gasteiger partial charge in [0.15, 0.2) is 0 Å². The average molecular weight is 227 g/mol. The van der Waals surface area contributed by atoms with E-state index in [4.69, 9.17) is 4.74 Å². The monoisotopic (exact) mass is 227 g/mol. The van der Waals surface area contributed by atoms with Crippen LogP contribution in [0, 0.1) is 0 Å². The molecule has 0 saturated carbocycles. The van der Waals surface area contributed by atoms with E-state index in [0.29, 0.717) is 5.76 Å². The van der Waals surface area contributed by atoms with Gasteiger partial charge >= 0.3 is 0 Å². The molecule has 0 radical (unpaired) electrons. The average Bonchev–Trinajstić information content (AvgIpc) is 2.35. The lowest BCUT2D eigenvalue weighted by atomic mass is 10.1. The maximum atomic E-state index is 11.6. The highest BCUT2D eigenvalue weighted by Gasteiger charge is 2.06. The van der Waals surface area contributed by atoms with E-state index < -0.39 is 0 Å². The minimum absolute atomic E-state index is 0.164. The quantitative estimate of drug-likeness (QED) is 0.841. The zero-order valence-corrected chi connectivity index (χ0v) is 9.51. The molecule has 1 aromatic carbocycles. The summed E-state index contributed by atoms with van der Waals surface area (Å²) >= 11 is 0. The number of nitrogens with one attached hydrogen (secondary N) is 1. The Morgan fingerprint density at radius 3 is 2.53 bits per heavy atom. The van der Waals surface area contributed by atoms with Crippen molar-refractivity contribution in [3.05, 3.63) is 66.0 Å². The summed E-state index contributed by atoms with van der Waals surface area (Å²) in [6, 6.07) is 9.68. The van der Waals surface area contributed by atoms with Crippen LogP contribution in [0.15, 0.2) is 60.4 Å². The first kappa shape index (κ1) is 11.2. The van der Waals surface area contributed by atoms with Crippen LogP contribution in [0.1, 0.15) is 5.56 Å². The molecule has 1 N–H and O–H groups in total. The van der Waals surface area contributed by atoms with Gasteiger partial charge in [-0.3, -0.25) is 4.79 Å². The van der Waals surface area contributed by atoms with E-state index in [1.807, 2.05) is 42.5 Å². The third kappa shape index (κ3) is 2.84. The molecule has 0 unspecified atom stereocenters. The van der Waals surface area contributed by atoms with E-state index in [9.17, 15) is 4.79 Å². The molecule has 1 aliphatic rings. The van der Waals surface area contributed by atoms with Crippen LogP contribution in [-0.2, 0) is 9.53 Å². The van der Waals surface area contributed by atoms with Gasteiger partial charge in [-0.05, 0) is 23.8 Å². The van der Waals surface area contributed by atoms with Gasteiger partial charge in [0.2, 0.25) is 5.91 Å². The van der Waals surface area contributed by atoms with Crippen molar-refractivity contribution in [3.63, 3.8) is 0 Å². The molecule has 1 aliphatic heterocycles. The third-order valence-corrected chi connectivity index (χ3v) is 2.39. The molecule has 1 aromatic rings. The van der Waals surface area contributed by atoms with Crippen LogP contribution in [0.2, 0.25) is 0 Å². The lowest BCUT2D eigenvalue weighted by molar-refractivity contribution is -0.115. The van der Waals surface area contributed by atoms with Crippen molar-refractivity contribution in [1.29, 1.82) is 0 Å². The van der Waals surface area contributed by atoms with Gasteiger partial charge in [-0.25, -0.2) is 0 Å². The van der Waals surface area contributed by atoms with Gasteiger partial charge in [0.05, 0.1) is 7.11 Å². The molecule has 0 fully saturated rings. The highest BCUT2D eigenvalue weighted by Crippen LogP contribution is 2.13. The van der Waals surface area contributed by atoms with Gasteiger partial charge in [-0.2, -0.15) is 0 Å². The number of hydrogen-bond donors (Lipinski definition) is 1. The van der Waals surface area contributed by atoms with E-state index in [-0.39, 0.29) is 5.91 Å². The molecule has 2 rings (SSSR count). The summed E-state index contributed by atoms with van der Waals surface area (Å²) in [6.07, 6.45) is 6.73. The number of ether oxygens (including phenoxy) is 1. The maximum absolute atomic E-state index is 11.6. The minimum atomic E-state index is -0.164. The molecule has 17 heavy (non-hydrogen) atoms. The fourth-order valence-electron chi connectivity index (χ4n) is 1.52. The summed E-state index contributed by atoms with van der Waals surface area (Å²) < 4.78 is 5.11. The summed E-state index contributed by atoms with van der Waals surface area (Å²) in [4.78, 5) is 11.6. The smallest absolute Gasteiger partial charge is 0.248 e. The van der Waals surface area contributed by atoms with Crippen LogP contribution in [-0.4, -0.2) is 13.0 Å². The molecule has 0 spiro atoms. The predicted molar refractivity (Wildman–Crippen MR) is 66.8 cm³/mol. The second-order valence-corrected chi connectivity index (χ2v) is 3.54. The van der Waals surface area contributed by atoms with Crippen molar-refractivity contribution >= 4 is 11.6 Å². The number of carbonyl (C=O) groups is 1. The summed E-state index contributed by atoms with van der Waals surface area (Å²) in [7, 11) is 1.58. The van der Waals surface area contributed by atoms with E-state index in [1.54, 1.807) is 13.2 Å². The fraction of sp³-hybridized carbons (Fsp3) is 0.0714. The Kier molecular flexibility index (Phi) is 3.40. The fourth-order valence-corrected chi connectivity index (χ4v) is 1.52. The first-order valence-electron chi connectivity index (χ1n) is 5.30. The maximum Gasteiger partial charge on any atom is 0.248 e. The normalized spacial score (nSPS) is 23.2. The minimum Gasteiger partial charge on any atom is -0.497 e. The zero-order valence-electron chi connectivity index (χ0n) is 9.51. The van der Waals surface area contributed by atoms with Crippen LogP contribution < -0.4 is 5.32 Å². The van der Waals surface area contributed by atoms with Crippen molar-refractivity contribution in [3.8, 4) is 0 Å². The summed E-state index contributed by atoms with van der Waals surface area (Å²) in [5.74, 6) is 0.482. The molecule has 3 nitrogen and oxygen atoms in total. The van der Waals surface area contributed by atoms with Crippen LogP contribution in [0.5, 0.6) is 0 Å². The van der Waals surface area contributed by atoms with E-state index >= 15 is 0 Å². The molecule has 0 aromatic heterocycles. The lowest BCUT2D eigenvalue weighted by Gasteiger charge is -2.10. The SMILES string of the molecule is COC1=C/C=C(/c2ccccc2)NC(=O)/C=C\1. The van der Waals surface area contributed by atoms with Gasteiger partial charge in [0.25, 0.3) is 0 Å². The van der Waals surface area contributed by atoms with Gasteiger partial charge < -0.3 is 10.1 Å². The molecule has 0 aliphatic carbocycles. The number of allylic oxidation sites excluding steroid dienone is 3. The number of methoxy groups -OCH3 is 1. The number of carbonyl (C=O) groups excluding carboxylic acids is 1. The number of rotatable bonds is 2. The molecule has 3 heteroatoms. The number of benzene rings is 1. The van der Waals surface area contributed by atoms with E-state index in [1.165, 1.54) is 6.08 Å². The van der Waals surface area contributed by atoms with Crippen LogP contribution in [0.3, 0.4) is 0 Å². The second kappa shape index (κ2) is 5.16. The Balaban J connectivity index is 2.37. The largest absolute Gasteiger partial charge is 0.497 e. The predicted octanol–water partition coefficient (Wildman–Crippen LogP) is 2.24. The molecule has 1 amide bonds. The van der Waals surface area contributed by atoms with Gasteiger partial charge in [0, 0.05) is 11.8 Å². The van der Waals surface area contributed by atoms with Crippen LogP contribution >= 0.6 is 0 Å². The number of amides is 1. The van der Waals surface area contributed by atoms with E-state index in [2.05, 4.69) is 5.32 Å². The van der Waals surface area contributed by atoms with Gasteiger partial charge in [-0.15, -0.1) is 0 Å². The zero-order chi connectivity index (χ0) is 12.1. The van der Waals surface area contributed by atoms with Crippen molar-refractivity contribution in [1.82, 2.24) is 5.32 Å². The Hall–Kier alpha value is -2.29. The van der Waals surface area contributed by atoms with Crippen molar-refractivity contribution < 1.29 is 9.53 Å². The Morgan fingerprint density at radius 1 is 1.06 bits per heavy atom. The van der Waals surface area contributed by atoms with E-state index in [0.717, 1.165) is 11.3 Å². The summed E-state index contributed by atoms with van der Waals surface area (Å²) in [5, 5.41) is 2.82. The second-order valence-electron chi connectivity index (χ2n) is 3.54. The molecule has 0 bridgehead atoms. The molecule has 86 valence electrons. The molecule has 1 heterocycles. The number of hydrogen-bond acceptors (Lipinski definition) is 2. The first-order valence-corrected chi connectivity index (χ1v) is 5.30. The van der Waals surface area contributed by atoms with Crippen LogP contribution in [0.25, 0.3) is 5.70 Å². The molecule has 0 saturated heterocycles. The topological polar surface area (TPSA) is 38.3 Å². The molecule has 0 atom stereocenters. The highest BCUT2D eigenvalue weighted by molar-refractivity contribution is 5.95. The summed E-state index contributed by atoms with van der Waals surface area (Å²) in [5.41, 5.74) is 1.72. The third-order valence-electron chi connectivity index (χ3n) is 2.39. The Labute approximate surface area is 100 Å². The van der Waals surface area contributed by atoms with Gasteiger partial charge in [0.1, 0.15) is 5.76 Å². The molecular weight excluding hydrogens is 214 g/mol. The van der Waals surface area contributed by atoms with Gasteiger partial charge in [-0.1, -0.05) is 30.3 Å².